The summed E-state index contributed by atoms with van der Waals surface area (Å²) in [5.41, 5.74) is 0.964. The molecule has 1 amide bonds. The summed E-state index contributed by atoms with van der Waals surface area (Å²) in [6.45, 7) is 3.74. The van der Waals surface area contributed by atoms with Gasteiger partial charge in [-0.05, 0) is 37.3 Å². The van der Waals surface area contributed by atoms with Crippen LogP contribution in [0.1, 0.15) is 29.9 Å². The number of sulfonamides is 1. The van der Waals surface area contributed by atoms with Gasteiger partial charge in [0.05, 0.1) is 16.2 Å². The molecule has 1 N–H and O–H groups in total. The monoisotopic (exact) mass is 459 g/mol. The number of thiazole rings is 1. The second-order valence-corrected chi connectivity index (χ2v) is 8.98. The van der Waals surface area contributed by atoms with E-state index < -0.39 is 16.0 Å². The number of benzene rings is 2. The average molecular weight is 460 g/mol. The van der Waals surface area contributed by atoms with Gasteiger partial charge in [0.2, 0.25) is 5.91 Å². The van der Waals surface area contributed by atoms with Crippen LogP contribution in [0, 0.1) is 0 Å². The van der Waals surface area contributed by atoms with Gasteiger partial charge in [0.15, 0.2) is 5.13 Å². The predicted molar refractivity (Wildman–Crippen MR) is 119 cm³/mol. The fourth-order valence-corrected chi connectivity index (χ4v) is 4.71. The van der Waals surface area contributed by atoms with Crippen LogP contribution in [0.3, 0.4) is 0 Å². The summed E-state index contributed by atoms with van der Waals surface area (Å²) >= 11 is 1.29. The van der Waals surface area contributed by atoms with Crippen molar-refractivity contribution in [1.82, 2.24) is 4.98 Å². The highest BCUT2D eigenvalue weighted by atomic mass is 32.2. The van der Waals surface area contributed by atoms with E-state index in [9.17, 15) is 18.0 Å². The fraction of sp³-hybridized carbons (Fsp3) is 0.190. The van der Waals surface area contributed by atoms with Gasteiger partial charge in [-0.1, -0.05) is 24.3 Å². The predicted octanol–water partition coefficient (Wildman–Crippen LogP) is 3.67. The number of anilines is 2. The van der Waals surface area contributed by atoms with Crippen LogP contribution in [0.5, 0.6) is 0 Å². The number of aromatic nitrogens is 1. The van der Waals surface area contributed by atoms with Crippen LogP contribution in [0.25, 0.3) is 0 Å². The number of rotatable bonds is 8. The minimum absolute atomic E-state index is 0.0647. The number of nitrogens with one attached hydrogen (secondary N) is 1. The van der Waals surface area contributed by atoms with Crippen molar-refractivity contribution < 1.29 is 22.7 Å². The Morgan fingerprint density at radius 3 is 2.55 bits per heavy atom. The van der Waals surface area contributed by atoms with Gasteiger partial charge in [-0.15, -0.1) is 11.3 Å². The number of carbonyl (C=O) groups excluding carboxylic acids is 2. The number of hydrogen-bond donors (Lipinski definition) is 1. The standard InChI is InChI=1S/C21H21N3O5S2/c1-3-24(15(2)25)21-22-18(14-30-21)13-29-20(26)16-8-7-9-17(12-16)23-31(27,28)19-10-5-4-6-11-19/h4-12,14,23H,3,13H2,1-2H3. The quantitative estimate of drug-likeness (QED) is 0.515. The first-order chi connectivity index (χ1) is 14.8. The lowest BCUT2D eigenvalue weighted by Crippen LogP contribution is -2.27. The first kappa shape index (κ1) is 22.4. The van der Waals surface area contributed by atoms with Crippen LogP contribution in [-0.4, -0.2) is 31.8 Å². The number of nitrogens with zero attached hydrogens (tertiary/aromatic N) is 2. The second kappa shape index (κ2) is 9.71. The minimum atomic E-state index is -3.77. The smallest absolute Gasteiger partial charge is 0.338 e. The van der Waals surface area contributed by atoms with Crippen molar-refractivity contribution in [2.45, 2.75) is 25.3 Å². The minimum Gasteiger partial charge on any atom is -0.456 e. The zero-order valence-corrected chi connectivity index (χ0v) is 18.6. The molecule has 0 saturated carbocycles. The van der Waals surface area contributed by atoms with Crippen LogP contribution < -0.4 is 9.62 Å². The number of carbonyl (C=O) groups is 2. The number of esters is 1. The molecule has 0 spiro atoms. The summed E-state index contributed by atoms with van der Waals surface area (Å²) < 4.78 is 32.7. The maximum absolute atomic E-state index is 12.5. The molecule has 0 aliphatic carbocycles. The Bertz CT molecular complexity index is 1180. The lowest BCUT2D eigenvalue weighted by Gasteiger charge is -2.14. The molecule has 0 radical (unpaired) electrons. The Labute approximate surface area is 184 Å². The molecular weight excluding hydrogens is 438 g/mol. The van der Waals surface area contributed by atoms with E-state index in [2.05, 4.69) is 9.71 Å². The molecule has 0 atom stereocenters. The van der Waals surface area contributed by atoms with E-state index >= 15 is 0 Å². The van der Waals surface area contributed by atoms with Gasteiger partial charge in [0, 0.05) is 24.5 Å². The van der Waals surface area contributed by atoms with Crippen LogP contribution in [0.4, 0.5) is 10.8 Å². The summed E-state index contributed by atoms with van der Waals surface area (Å²) in [5.74, 6) is -0.732. The molecule has 0 unspecified atom stereocenters. The number of ether oxygens (including phenoxy) is 1. The zero-order chi connectivity index (χ0) is 22.4. The van der Waals surface area contributed by atoms with E-state index in [4.69, 9.17) is 4.74 Å². The van der Waals surface area contributed by atoms with Gasteiger partial charge < -0.3 is 4.74 Å². The molecular formula is C21H21N3O5S2. The Morgan fingerprint density at radius 2 is 1.87 bits per heavy atom. The van der Waals surface area contributed by atoms with E-state index in [1.54, 1.807) is 35.7 Å². The Morgan fingerprint density at radius 1 is 1.13 bits per heavy atom. The highest BCUT2D eigenvalue weighted by Crippen LogP contribution is 2.22. The van der Waals surface area contributed by atoms with Crippen LogP contribution in [-0.2, 0) is 26.2 Å². The fourth-order valence-electron chi connectivity index (χ4n) is 2.73. The molecule has 2 aromatic carbocycles. The summed E-state index contributed by atoms with van der Waals surface area (Å²) in [6, 6.07) is 14.0. The van der Waals surface area contributed by atoms with Crippen molar-refractivity contribution in [2.24, 2.45) is 0 Å². The molecule has 0 saturated heterocycles. The van der Waals surface area contributed by atoms with Crippen LogP contribution in [0.15, 0.2) is 64.9 Å². The van der Waals surface area contributed by atoms with Gasteiger partial charge in [0.1, 0.15) is 6.61 Å². The number of amides is 1. The summed E-state index contributed by atoms with van der Waals surface area (Å²) in [5, 5.41) is 2.26. The van der Waals surface area contributed by atoms with Crippen LogP contribution >= 0.6 is 11.3 Å². The normalized spacial score (nSPS) is 11.0. The molecule has 162 valence electrons. The first-order valence-corrected chi connectivity index (χ1v) is 11.7. The van der Waals surface area contributed by atoms with Crippen molar-refractivity contribution in [1.29, 1.82) is 0 Å². The van der Waals surface area contributed by atoms with E-state index in [1.807, 2.05) is 6.92 Å². The third kappa shape index (κ3) is 5.68. The largest absolute Gasteiger partial charge is 0.456 e. The summed E-state index contributed by atoms with van der Waals surface area (Å²) in [7, 11) is -3.77. The van der Waals surface area contributed by atoms with Gasteiger partial charge >= 0.3 is 5.97 Å². The third-order valence-corrected chi connectivity index (χ3v) is 6.53. The van der Waals surface area contributed by atoms with Crippen molar-refractivity contribution in [3.05, 3.63) is 71.2 Å². The molecule has 0 aliphatic rings. The molecule has 0 bridgehead atoms. The molecule has 1 heterocycles. The molecule has 3 aromatic rings. The molecule has 1 aromatic heterocycles. The molecule has 0 aliphatic heterocycles. The summed E-state index contributed by atoms with van der Waals surface area (Å²) in [6.07, 6.45) is 0. The van der Waals surface area contributed by atoms with Crippen molar-refractivity contribution in [2.75, 3.05) is 16.2 Å². The van der Waals surface area contributed by atoms with E-state index in [1.165, 1.54) is 47.4 Å². The Kier molecular flexibility index (Phi) is 7.03. The lowest BCUT2D eigenvalue weighted by molar-refractivity contribution is -0.116. The summed E-state index contributed by atoms with van der Waals surface area (Å²) in [4.78, 5) is 30.0. The molecule has 10 heteroatoms. The van der Waals surface area contributed by atoms with E-state index in [-0.39, 0.29) is 28.7 Å². The van der Waals surface area contributed by atoms with Crippen LogP contribution in [0.2, 0.25) is 0 Å². The lowest BCUT2D eigenvalue weighted by atomic mass is 10.2. The van der Waals surface area contributed by atoms with Gasteiger partial charge in [0.25, 0.3) is 10.0 Å². The van der Waals surface area contributed by atoms with E-state index in [0.717, 1.165) is 0 Å². The molecule has 0 fully saturated rings. The maximum atomic E-state index is 12.5. The highest BCUT2D eigenvalue weighted by molar-refractivity contribution is 7.92. The molecule has 3 rings (SSSR count). The first-order valence-electron chi connectivity index (χ1n) is 9.37. The SMILES string of the molecule is CCN(C(C)=O)c1nc(COC(=O)c2cccc(NS(=O)(=O)c3ccccc3)c2)cs1. The van der Waals surface area contributed by atoms with Gasteiger partial charge in [-0.3, -0.25) is 14.4 Å². The maximum Gasteiger partial charge on any atom is 0.338 e. The van der Waals surface area contributed by atoms with Crippen molar-refractivity contribution in [3.8, 4) is 0 Å². The average Bonchev–Trinajstić information content (AvgIpc) is 3.21. The Balaban J connectivity index is 1.66. The van der Waals surface area contributed by atoms with Gasteiger partial charge in [-0.25, -0.2) is 18.2 Å². The topological polar surface area (TPSA) is 106 Å². The van der Waals surface area contributed by atoms with Crippen molar-refractivity contribution >= 4 is 44.1 Å². The highest BCUT2D eigenvalue weighted by Gasteiger charge is 2.17. The molecule has 8 nitrogen and oxygen atoms in total. The molecule has 31 heavy (non-hydrogen) atoms. The van der Waals surface area contributed by atoms with Gasteiger partial charge in [-0.2, -0.15) is 0 Å². The number of hydrogen-bond acceptors (Lipinski definition) is 7. The Hall–Kier alpha value is -3.24. The van der Waals surface area contributed by atoms with E-state index in [0.29, 0.717) is 17.4 Å². The second-order valence-electron chi connectivity index (χ2n) is 6.46. The van der Waals surface area contributed by atoms with Crippen molar-refractivity contribution in [3.63, 3.8) is 0 Å². The zero-order valence-electron chi connectivity index (χ0n) is 16.9. The third-order valence-electron chi connectivity index (χ3n) is 4.22.